The highest BCUT2D eigenvalue weighted by molar-refractivity contribution is 5.72. The van der Waals surface area contributed by atoms with Crippen molar-refractivity contribution in [3.8, 4) is 0 Å². The lowest BCUT2D eigenvalue weighted by Crippen LogP contribution is -2.44. The maximum atomic E-state index is 12.3. The highest BCUT2D eigenvalue weighted by Gasteiger charge is 2.30. The monoisotopic (exact) mass is 207 g/mol. The highest BCUT2D eigenvalue weighted by Crippen LogP contribution is 2.24. The lowest BCUT2D eigenvalue weighted by atomic mass is 9.96. The third kappa shape index (κ3) is 2.64. The van der Waals surface area contributed by atoms with Crippen LogP contribution in [-0.4, -0.2) is 41.5 Å². The van der Waals surface area contributed by atoms with Crippen molar-refractivity contribution in [2.45, 2.75) is 32.2 Å². The first-order valence-electron chi connectivity index (χ1n) is 4.77. The molecule has 1 rings (SSSR count). The Kier molecular flexibility index (Phi) is 3.80. The number of carbonyl (C=O) groups is 1. The number of hydrogen-bond acceptors (Lipinski definition) is 2. The van der Waals surface area contributed by atoms with Crippen LogP contribution in [0, 0.1) is 5.92 Å². The standard InChI is InChI=1S/C9H15F2NO2/c1-6(9(13)14)12-4-2-7(3-5-12)8(10)11/h6-8H,2-5H2,1H3,(H,13,14)/t6-/m0/s1. The van der Waals surface area contributed by atoms with E-state index in [1.165, 1.54) is 0 Å². The average Bonchev–Trinajstić information content (AvgIpc) is 2.16. The molecule has 0 aromatic carbocycles. The molecule has 0 amide bonds. The van der Waals surface area contributed by atoms with Gasteiger partial charge in [-0.1, -0.05) is 0 Å². The zero-order valence-corrected chi connectivity index (χ0v) is 8.12. The molecule has 82 valence electrons. The number of aliphatic carboxylic acids is 1. The number of carboxylic acids is 1. The van der Waals surface area contributed by atoms with Crippen LogP contribution >= 0.6 is 0 Å². The van der Waals surface area contributed by atoms with E-state index in [2.05, 4.69) is 0 Å². The molecule has 1 fully saturated rings. The van der Waals surface area contributed by atoms with Crippen molar-refractivity contribution in [2.75, 3.05) is 13.1 Å². The fourth-order valence-corrected chi connectivity index (χ4v) is 1.71. The van der Waals surface area contributed by atoms with Crippen LogP contribution in [0.3, 0.4) is 0 Å². The summed E-state index contributed by atoms with van der Waals surface area (Å²) in [5.41, 5.74) is 0. The summed E-state index contributed by atoms with van der Waals surface area (Å²) >= 11 is 0. The maximum Gasteiger partial charge on any atom is 0.320 e. The van der Waals surface area contributed by atoms with E-state index in [0.717, 1.165) is 0 Å². The first-order valence-corrected chi connectivity index (χ1v) is 4.77. The Bertz CT molecular complexity index is 203. The number of piperidine rings is 1. The minimum atomic E-state index is -2.27. The third-order valence-corrected chi connectivity index (χ3v) is 2.84. The smallest absolute Gasteiger partial charge is 0.320 e. The Balaban J connectivity index is 2.39. The van der Waals surface area contributed by atoms with E-state index >= 15 is 0 Å². The number of alkyl halides is 2. The summed E-state index contributed by atoms with van der Waals surface area (Å²) in [5.74, 6) is -1.44. The molecule has 0 saturated carbocycles. The van der Waals surface area contributed by atoms with Gasteiger partial charge in [0.05, 0.1) is 0 Å². The summed E-state index contributed by atoms with van der Waals surface area (Å²) in [6, 6.07) is -0.561. The van der Waals surface area contributed by atoms with Crippen LogP contribution in [0.1, 0.15) is 19.8 Å². The van der Waals surface area contributed by atoms with Crippen molar-refractivity contribution in [3.05, 3.63) is 0 Å². The van der Waals surface area contributed by atoms with E-state index in [-0.39, 0.29) is 0 Å². The highest BCUT2D eigenvalue weighted by atomic mass is 19.3. The Hall–Kier alpha value is -0.710. The second-order valence-electron chi connectivity index (χ2n) is 3.72. The molecule has 5 heteroatoms. The molecule has 1 aliphatic heterocycles. The van der Waals surface area contributed by atoms with E-state index < -0.39 is 24.4 Å². The van der Waals surface area contributed by atoms with Crippen LogP contribution in [-0.2, 0) is 4.79 Å². The van der Waals surface area contributed by atoms with Gasteiger partial charge in [-0.15, -0.1) is 0 Å². The fourth-order valence-electron chi connectivity index (χ4n) is 1.71. The molecule has 3 nitrogen and oxygen atoms in total. The second-order valence-corrected chi connectivity index (χ2v) is 3.72. The van der Waals surface area contributed by atoms with Gasteiger partial charge in [-0.25, -0.2) is 8.78 Å². The summed E-state index contributed by atoms with van der Waals surface area (Å²) < 4.78 is 24.5. The van der Waals surface area contributed by atoms with Gasteiger partial charge < -0.3 is 5.11 Å². The second kappa shape index (κ2) is 4.68. The summed E-state index contributed by atoms with van der Waals surface area (Å²) in [7, 11) is 0. The molecule has 1 heterocycles. The number of halogens is 2. The van der Waals surface area contributed by atoms with E-state index in [1.807, 2.05) is 0 Å². The van der Waals surface area contributed by atoms with Gasteiger partial charge in [0.2, 0.25) is 6.43 Å². The summed E-state index contributed by atoms with van der Waals surface area (Å²) in [4.78, 5) is 12.4. The number of carboxylic acid groups (broad SMARTS) is 1. The van der Waals surface area contributed by atoms with Gasteiger partial charge in [0, 0.05) is 5.92 Å². The molecule has 0 spiro atoms. The molecule has 1 atom stereocenters. The minimum absolute atomic E-state index is 0.398. The minimum Gasteiger partial charge on any atom is -0.480 e. The molecule has 0 unspecified atom stereocenters. The quantitative estimate of drug-likeness (QED) is 0.761. The number of hydrogen-bond donors (Lipinski definition) is 1. The first kappa shape index (κ1) is 11.4. The van der Waals surface area contributed by atoms with Crippen molar-refractivity contribution >= 4 is 5.97 Å². The summed E-state index contributed by atoms with van der Waals surface area (Å²) in [6.45, 7) is 2.51. The molecule has 0 aromatic rings. The van der Waals surface area contributed by atoms with Gasteiger partial charge in [-0.05, 0) is 32.9 Å². The Labute approximate surface area is 81.7 Å². The fraction of sp³-hybridized carbons (Fsp3) is 0.889. The SMILES string of the molecule is C[C@@H](C(=O)O)N1CCC(C(F)F)CC1. The van der Waals surface area contributed by atoms with Gasteiger partial charge in [0.1, 0.15) is 6.04 Å². The van der Waals surface area contributed by atoms with Crippen LogP contribution in [0.25, 0.3) is 0 Å². The topological polar surface area (TPSA) is 40.5 Å². The van der Waals surface area contributed by atoms with Crippen molar-refractivity contribution in [1.29, 1.82) is 0 Å². The lowest BCUT2D eigenvalue weighted by molar-refractivity contribution is -0.143. The van der Waals surface area contributed by atoms with Gasteiger partial charge in [-0.2, -0.15) is 0 Å². The molecule has 14 heavy (non-hydrogen) atoms. The normalized spacial score (nSPS) is 22.6. The molecular weight excluding hydrogens is 192 g/mol. The van der Waals surface area contributed by atoms with Crippen molar-refractivity contribution in [3.63, 3.8) is 0 Å². The molecule has 1 saturated heterocycles. The van der Waals surface area contributed by atoms with Crippen molar-refractivity contribution in [1.82, 2.24) is 4.90 Å². The molecule has 1 aliphatic rings. The van der Waals surface area contributed by atoms with Crippen LogP contribution in [0.5, 0.6) is 0 Å². The van der Waals surface area contributed by atoms with Crippen LogP contribution in [0.15, 0.2) is 0 Å². The Morgan fingerprint density at radius 3 is 2.29 bits per heavy atom. The van der Waals surface area contributed by atoms with Crippen LogP contribution in [0.2, 0.25) is 0 Å². The number of nitrogens with zero attached hydrogens (tertiary/aromatic N) is 1. The predicted octanol–water partition coefficient (Wildman–Crippen LogP) is 1.44. The van der Waals surface area contributed by atoms with Gasteiger partial charge in [-0.3, -0.25) is 9.69 Å². The first-order chi connectivity index (χ1) is 6.52. The largest absolute Gasteiger partial charge is 0.480 e. The Morgan fingerprint density at radius 1 is 1.43 bits per heavy atom. The van der Waals surface area contributed by atoms with Gasteiger partial charge in [0.25, 0.3) is 0 Å². The van der Waals surface area contributed by atoms with Crippen LogP contribution in [0.4, 0.5) is 8.78 Å². The zero-order valence-electron chi connectivity index (χ0n) is 8.12. The zero-order chi connectivity index (χ0) is 10.7. The summed E-state index contributed by atoms with van der Waals surface area (Å²) in [5, 5.41) is 8.72. The van der Waals surface area contributed by atoms with E-state index in [4.69, 9.17) is 5.11 Å². The van der Waals surface area contributed by atoms with E-state index in [9.17, 15) is 13.6 Å². The predicted molar refractivity (Wildman–Crippen MR) is 47.4 cm³/mol. The molecule has 0 radical (unpaired) electrons. The Morgan fingerprint density at radius 2 is 1.93 bits per heavy atom. The van der Waals surface area contributed by atoms with Crippen molar-refractivity contribution in [2.24, 2.45) is 5.92 Å². The van der Waals surface area contributed by atoms with E-state index in [0.29, 0.717) is 25.9 Å². The molecular formula is C9H15F2NO2. The maximum absolute atomic E-state index is 12.3. The van der Waals surface area contributed by atoms with Crippen molar-refractivity contribution < 1.29 is 18.7 Å². The van der Waals surface area contributed by atoms with E-state index in [1.54, 1.807) is 11.8 Å². The van der Waals surface area contributed by atoms with Crippen LogP contribution < -0.4 is 0 Å². The average molecular weight is 207 g/mol. The molecule has 1 N–H and O–H groups in total. The third-order valence-electron chi connectivity index (χ3n) is 2.84. The number of likely N-dealkylation sites (tertiary alicyclic amines) is 1. The molecule has 0 aliphatic carbocycles. The lowest BCUT2D eigenvalue weighted by Gasteiger charge is -2.33. The van der Waals surface area contributed by atoms with Gasteiger partial charge in [0.15, 0.2) is 0 Å². The summed E-state index contributed by atoms with van der Waals surface area (Å²) in [6.07, 6.45) is -1.47. The van der Waals surface area contributed by atoms with Gasteiger partial charge >= 0.3 is 5.97 Å². The molecule has 0 aromatic heterocycles. The molecule has 0 bridgehead atoms. The number of rotatable bonds is 3.